The molecule has 1 saturated carbocycles. The largest absolute Gasteiger partial charge is 0.352 e. The van der Waals surface area contributed by atoms with Crippen LogP contribution in [0, 0.1) is 11.7 Å². The second kappa shape index (κ2) is 6.51. The fourth-order valence-electron chi connectivity index (χ4n) is 3.15. The van der Waals surface area contributed by atoms with Gasteiger partial charge in [0.2, 0.25) is 5.91 Å². The van der Waals surface area contributed by atoms with Crippen LogP contribution in [-0.4, -0.2) is 15.5 Å². The Morgan fingerprint density at radius 3 is 2.80 bits per heavy atom. The summed E-state index contributed by atoms with van der Waals surface area (Å²) in [6, 6.07) is 15.0. The van der Waals surface area contributed by atoms with E-state index in [4.69, 9.17) is 0 Å². The quantitative estimate of drug-likeness (QED) is 0.776. The SMILES string of the molecule is O=C(NCc1ccc(-n2ccnc2)c(F)c1)[C@@H]1C[C@@H]1c1ccccc1. The third kappa shape index (κ3) is 3.31. The van der Waals surface area contributed by atoms with Crippen molar-refractivity contribution in [2.24, 2.45) is 5.92 Å². The molecule has 1 fully saturated rings. The molecule has 5 heteroatoms. The lowest BCUT2D eigenvalue weighted by molar-refractivity contribution is -0.122. The van der Waals surface area contributed by atoms with Crippen LogP contribution in [-0.2, 0) is 11.3 Å². The zero-order valence-corrected chi connectivity index (χ0v) is 13.6. The van der Waals surface area contributed by atoms with Gasteiger partial charge >= 0.3 is 0 Å². The van der Waals surface area contributed by atoms with Crippen LogP contribution >= 0.6 is 0 Å². The number of imidazole rings is 1. The molecule has 2 aromatic carbocycles. The lowest BCUT2D eigenvalue weighted by Crippen LogP contribution is -2.25. The molecule has 1 aromatic heterocycles. The van der Waals surface area contributed by atoms with Crippen molar-refractivity contribution in [1.82, 2.24) is 14.9 Å². The number of carbonyl (C=O) groups excluding carboxylic acids is 1. The fraction of sp³-hybridized carbons (Fsp3) is 0.200. The average Bonchev–Trinajstić information content (AvgIpc) is 3.27. The number of aromatic nitrogens is 2. The van der Waals surface area contributed by atoms with Crippen LogP contribution in [0.25, 0.3) is 5.69 Å². The summed E-state index contributed by atoms with van der Waals surface area (Å²) in [5.41, 5.74) is 2.39. The molecule has 1 amide bonds. The minimum Gasteiger partial charge on any atom is -0.352 e. The zero-order chi connectivity index (χ0) is 17.2. The molecular weight excluding hydrogens is 317 g/mol. The summed E-state index contributed by atoms with van der Waals surface area (Å²) in [7, 11) is 0. The second-order valence-corrected chi connectivity index (χ2v) is 6.33. The van der Waals surface area contributed by atoms with E-state index < -0.39 is 0 Å². The third-order valence-corrected chi connectivity index (χ3v) is 4.62. The number of benzene rings is 2. The minimum atomic E-state index is -0.335. The topological polar surface area (TPSA) is 46.9 Å². The highest BCUT2D eigenvalue weighted by molar-refractivity contribution is 5.82. The zero-order valence-electron chi connectivity index (χ0n) is 13.6. The first kappa shape index (κ1) is 15.6. The summed E-state index contributed by atoms with van der Waals surface area (Å²) in [5.74, 6) is 0.0327. The first-order valence-corrected chi connectivity index (χ1v) is 8.32. The van der Waals surface area contributed by atoms with Crippen molar-refractivity contribution in [3.8, 4) is 5.69 Å². The molecule has 4 nitrogen and oxygen atoms in total. The van der Waals surface area contributed by atoms with Crippen LogP contribution in [0.1, 0.15) is 23.5 Å². The summed E-state index contributed by atoms with van der Waals surface area (Å²) in [5, 5.41) is 2.92. The van der Waals surface area contributed by atoms with Gasteiger partial charge in [-0.1, -0.05) is 36.4 Å². The molecule has 1 heterocycles. The Labute approximate surface area is 145 Å². The van der Waals surface area contributed by atoms with Crippen LogP contribution in [0.15, 0.2) is 67.3 Å². The number of hydrogen-bond donors (Lipinski definition) is 1. The van der Waals surface area contributed by atoms with Crippen molar-refractivity contribution in [2.75, 3.05) is 0 Å². The highest BCUT2D eigenvalue weighted by Crippen LogP contribution is 2.47. The van der Waals surface area contributed by atoms with Crippen LogP contribution in [0.5, 0.6) is 0 Å². The van der Waals surface area contributed by atoms with Gasteiger partial charge in [-0.2, -0.15) is 0 Å². The number of amides is 1. The Kier molecular flexibility index (Phi) is 4.06. The van der Waals surface area contributed by atoms with Gasteiger partial charge in [-0.05, 0) is 35.6 Å². The standard InChI is InChI=1S/C20H18FN3O/c21-18-10-14(6-7-19(18)24-9-8-22-13-24)12-23-20(25)17-11-16(17)15-4-2-1-3-5-15/h1-10,13,16-17H,11-12H2,(H,23,25)/t16-,17-/m1/s1. The summed E-state index contributed by atoms with van der Waals surface area (Å²) in [6.07, 6.45) is 5.73. The molecule has 126 valence electrons. The second-order valence-electron chi connectivity index (χ2n) is 6.33. The molecule has 2 atom stereocenters. The van der Waals surface area contributed by atoms with Crippen LogP contribution in [0.3, 0.4) is 0 Å². The molecule has 4 rings (SSSR count). The molecule has 0 bridgehead atoms. The maximum Gasteiger partial charge on any atom is 0.224 e. The lowest BCUT2D eigenvalue weighted by atomic mass is 10.1. The van der Waals surface area contributed by atoms with Gasteiger partial charge in [-0.3, -0.25) is 4.79 Å². The van der Waals surface area contributed by atoms with Gasteiger partial charge in [0.05, 0.1) is 12.0 Å². The van der Waals surface area contributed by atoms with Crippen molar-refractivity contribution >= 4 is 5.91 Å². The summed E-state index contributed by atoms with van der Waals surface area (Å²) in [4.78, 5) is 16.2. The monoisotopic (exact) mass is 335 g/mol. The van der Waals surface area contributed by atoms with E-state index in [9.17, 15) is 9.18 Å². The van der Waals surface area contributed by atoms with Crippen LogP contribution < -0.4 is 5.32 Å². The first-order chi connectivity index (χ1) is 12.2. The van der Waals surface area contributed by atoms with E-state index in [0.717, 1.165) is 12.0 Å². The van der Waals surface area contributed by atoms with Crippen molar-refractivity contribution in [3.05, 3.63) is 84.2 Å². The highest BCUT2D eigenvalue weighted by atomic mass is 19.1. The minimum absolute atomic E-state index is 0.0254. The van der Waals surface area contributed by atoms with E-state index in [1.807, 2.05) is 24.3 Å². The van der Waals surface area contributed by atoms with Crippen molar-refractivity contribution < 1.29 is 9.18 Å². The van der Waals surface area contributed by atoms with Gasteiger partial charge in [0, 0.05) is 24.9 Å². The molecule has 0 unspecified atom stereocenters. The van der Waals surface area contributed by atoms with E-state index in [1.165, 1.54) is 11.6 Å². The number of carbonyl (C=O) groups is 1. The van der Waals surface area contributed by atoms with E-state index >= 15 is 0 Å². The average molecular weight is 335 g/mol. The van der Waals surface area contributed by atoms with E-state index in [1.54, 1.807) is 29.4 Å². The molecule has 1 aliphatic carbocycles. The van der Waals surface area contributed by atoms with Crippen LogP contribution in [0.4, 0.5) is 4.39 Å². The molecule has 0 saturated heterocycles. The van der Waals surface area contributed by atoms with Gasteiger partial charge in [0.15, 0.2) is 0 Å². The molecular formula is C20H18FN3O. The predicted octanol–water partition coefficient (Wildman–Crippen LogP) is 3.43. The Hall–Kier alpha value is -2.95. The number of halogens is 1. The van der Waals surface area contributed by atoms with Gasteiger partial charge in [0.1, 0.15) is 5.82 Å². The Morgan fingerprint density at radius 1 is 1.24 bits per heavy atom. The number of hydrogen-bond acceptors (Lipinski definition) is 2. The normalized spacial score (nSPS) is 18.8. The van der Waals surface area contributed by atoms with Crippen LogP contribution in [0.2, 0.25) is 0 Å². The van der Waals surface area contributed by atoms with Gasteiger partial charge in [0.25, 0.3) is 0 Å². The van der Waals surface area contributed by atoms with E-state index in [2.05, 4.69) is 22.4 Å². The predicted molar refractivity (Wildman–Crippen MR) is 92.7 cm³/mol. The lowest BCUT2D eigenvalue weighted by Gasteiger charge is -2.08. The molecule has 1 N–H and O–H groups in total. The Balaban J connectivity index is 1.36. The van der Waals surface area contributed by atoms with E-state index in [-0.39, 0.29) is 17.6 Å². The van der Waals surface area contributed by atoms with Gasteiger partial charge in [-0.25, -0.2) is 9.37 Å². The Bertz CT molecular complexity index is 877. The summed E-state index contributed by atoms with van der Waals surface area (Å²) in [6.45, 7) is 0.331. The fourth-order valence-corrected chi connectivity index (χ4v) is 3.15. The van der Waals surface area contributed by atoms with Crippen molar-refractivity contribution in [3.63, 3.8) is 0 Å². The first-order valence-electron chi connectivity index (χ1n) is 8.32. The molecule has 25 heavy (non-hydrogen) atoms. The summed E-state index contributed by atoms with van der Waals surface area (Å²) >= 11 is 0. The maximum absolute atomic E-state index is 14.2. The summed E-state index contributed by atoms with van der Waals surface area (Å²) < 4.78 is 15.8. The van der Waals surface area contributed by atoms with Gasteiger partial charge in [-0.15, -0.1) is 0 Å². The molecule has 0 aliphatic heterocycles. The van der Waals surface area contributed by atoms with E-state index in [0.29, 0.717) is 18.2 Å². The molecule has 0 radical (unpaired) electrons. The number of nitrogens with one attached hydrogen (secondary N) is 1. The number of rotatable bonds is 5. The molecule has 0 spiro atoms. The van der Waals surface area contributed by atoms with Crippen molar-refractivity contribution in [2.45, 2.75) is 18.9 Å². The molecule has 1 aliphatic rings. The van der Waals surface area contributed by atoms with Gasteiger partial charge < -0.3 is 9.88 Å². The third-order valence-electron chi connectivity index (χ3n) is 4.62. The molecule has 3 aromatic rings. The Morgan fingerprint density at radius 2 is 2.08 bits per heavy atom. The van der Waals surface area contributed by atoms with Crippen molar-refractivity contribution in [1.29, 1.82) is 0 Å². The number of nitrogens with zero attached hydrogens (tertiary/aromatic N) is 2. The smallest absolute Gasteiger partial charge is 0.224 e. The highest BCUT2D eigenvalue weighted by Gasteiger charge is 2.43. The maximum atomic E-state index is 14.2.